The van der Waals surface area contributed by atoms with E-state index in [4.69, 9.17) is 4.74 Å². The van der Waals surface area contributed by atoms with Crippen molar-refractivity contribution in [1.82, 2.24) is 0 Å². The molecule has 0 aliphatic rings. The highest BCUT2D eigenvalue weighted by molar-refractivity contribution is 5.71. The molecule has 21 heavy (non-hydrogen) atoms. The fourth-order valence-corrected chi connectivity index (χ4v) is 2.02. The van der Waals surface area contributed by atoms with Crippen LogP contribution in [0.25, 0.3) is 0 Å². The lowest BCUT2D eigenvalue weighted by Gasteiger charge is -2.12. The first-order valence-electron chi connectivity index (χ1n) is 6.40. The van der Waals surface area contributed by atoms with E-state index < -0.39 is 16.4 Å². The summed E-state index contributed by atoms with van der Waals surface area (Å²) in [5, 5.41) is 13.9. The van der Waals surface area contributed by atoms with Gasteiger partial charge in [0.1, 0.15) is 5.69 Å². The molecule has 0 saturated carbocycles. The number of rotatable bonds is 6. The summed E-state index contributed by atoms with van der Waals surface area (Å²) in [7, 11) is 1.60. The van der Waals surface area contributed by atoms with Gasteiger partial charge in [0.2, 0.25) is 5.82 Å². The van der Waals surface area contributed by atoms with Crippen molar-refractivity contribution >= 4 is 17.1 Å². The van der Waals surface area contributed by atoms with Crippen LogP contribution in [0.5, 0.6) is 0 Å². The van der Waals surface area contributed by atoms with Gasteiger partial charge < -0.3 is 10.1 Å². The first kappa shape index (κ1) is 14.9. The third-order valence-corrected chi connectivity index (χ3v) is 3.03. The largest absolute Gasteiger partial charge is 0.384 e. The van der Waals surface area contributed by atoms with E-state index in [1.165, 1.54) is 12.1 Å². The number of methoxy groups -OCH3 is 1. The molecular weight excluding hydrogens is 275 g/mol. The quantitative estimate of drug-likeness (QED) is 0.651. The molecule has 110 valence electrons. The third kappa shape index (κ3) is 3.55. The second-order valence-electron chi connectivity index (χ2n) is 4.42. The van der Waals surface area contributed by atoms with Crippen LogP contribution >= 0.6 is 0 Å². The molecule has 0 heterocycles. The molecule has 6 heteroatoms. The van der Waals surface area contributed by atoms with Crippen LogP contribution in [-0.2, 0) is 11.2 Å². The van der Waals surface area contributed by atoms with E-state index in [-0.39, 0.29) is 5.69 Å². The van der Waals surface area contributed by atoms with Crippen molar-refractivity contribution in [3.8, 4) is 0 Å². The number of nitro groups is 1. The lowest BCUT2D eigenvalue weighted by molar-refractivity contribution is -0.386. The average Bonchev–Trinajstić information content (AvgIpc) is 2.46. The number of nitro benzene ring substituents is 1. The molecule has 0 aliphatic carbocycles. The highest BCUT2D eigenvalue weighted by atomic mass is 19.1. The molecule has 1 N–H and O–H groups in total. The van der Waals surface area contributed by atoms with E-state index in [0.717, 1.165) is 11.6 Å². The number of hydrogen-bond acceptors (Lipinski definition) is 4. The van der Waals surface area contributed by atoms with E-state index in [1.807, 2.05) is 18.2 Å². The van der Waals surface area contributed by atoms with Gasteiger partial charge in [-0.15, -0.1) is 0 Å². The van der Waals surface area contributed by atoms with Gasteiger partial charge in [0.05, 0.1) is 11.5 Å². The number of hydrogen-bond donors (Lipinski definition) is 1. The minimum absolute atomic E-state index is 0.130. The predicted octanol–water partition coefficient (Wildman–Crippen LogP) is 3.67. The molecular formula is C15H15FN2O3. The molecule has 2 aromatic carbocycles. The molecule has 0 atom stereocenters. The van der Waals surface area contributed by atoms with Crippen molar-refractivity contribution in [2.24, 2.45) is 0 Å². The number of para-hydroxylation sites is 2. The van der Waals surface area contributed by atoms with Crippen molar-refractivity contribution in [1.29, 1.82) is 0 Å². The van der Waals surface area contributed by atoms with Gasteiger partial charge in [-0.05, 0) is 30.2 Å². The number of nitrogens with zero attached hydrogens (tertiary/aromatic N) is 1. The zero-order valence-corrected chi connectivity index (χ0v) is 11.5. The predicted molar refractivity (Wildman–Crippen MR) is 78.4 cm³/mol. The highest BCUT2D eigenvalue weighted by Gasteiger charge is 2.20. The summed E-state index contributed by atoms with van der Waals surface area (Å²) in [6.07, 6.45) is 0.656. The minimum Gasteiger partial charge on any atom is -0.384 e. The Morgan fingerprint density at radius 3 is 2.62 bits per heavy atom. The Hall–Kier alpha value is -2.47. The first-order chi connectivity index (χ1) is 10.1. The summed E-state index contributed by atoms with van der Waals surface area (Å²) in [4.78, 5) is 10.3. The van der Waals surface area contributed by atoms with Gasteiger partial charge in [0.15, 0.2) is 0 Å². The number of ether oxygens (including phenoxy) is 1. The first-order valence-corrected chi connectivity index (χ1v) is 6.40. The summed E-state index contributed by atoms with van der Waals surface area (Å²) in [5.41, 5.74) is 1.21. The smallest absolute Gasteiger partial charge is 0.327 e. The van der Waals surface area contributed by atoms with Crippen LogP contribution in [0.4, 0.5) is 21.5 Å². The van der Waals surface area contributed by atoms with Crippen LogP contribution in [0.1, 0.15) is 5.56 Å². The van der Waals surface area contributed by atoms with Gasteiger partial charge in [0.25, 0.3) is 0 Å². The van der Waals surface area contributed by atoms with E-state index in [0.29, 0.717) is 18.7 Å². The number of nitrogens with one attached hydrogen (secondary N) is 1. The summed E-state index contributed by atoms with van der Waals surface area (Å²) >= 11 is 0. The molecule has 0 saturated heterocycles. The summed E-state index contributed by atoms with van der Waals surface area (Å²) in [6, 6.07) is 11.4. The zero-order chi connectivity index (χ0) is 15.2. The Kier molecular flexibility index (Phi) is 4.84. The third-order valence-electron chi connectivity index (χ3n) is 3.03. The van der Waals surface area contributed by atoms with E-state index >= 15 is 0 Å². The second-order valence-corrected chi connectivity index (χ2v) is 4.42. The number of halogens is 1. The highest BCUT2D eigenvalue weighted by Crippen LogP contribution is 2.31. The standard InChI is InChI=1S/C15H15FN2O3/c1-21-10-9-11-5-2-3-7-13(11)17-14-8-4-6-12(16)15(14)18(19)20/h2-8,17H,9-10H2,1H3. The van der Waals surface area contributed by atoms with Gasteiger partial charge in [-0.2, -0.15) is 4.39 Å². The van der Waals surface area contributed by atoms with Crippen LogP contribution in [0.3, 0.4) is 0 Å². The van der Waals surface area contributed by atoms with Crippen LogP contribution in [0.15, 0.2) is 42.5 Å². The van der Waals surface area contributed by atoms with Crippen molar-refractivity contribution in [2.45, 2.75) is 6.42 Å². The van der Waals surface area contributed by atoms with Crippen molar-refractivity contribution in [3.05, 3.63) is 64.0 Å². The summed E-state index contributed by atoms with van der Waals surface area (Å²) in [5.74, 6) is -0.862. The van der Waals surface area contributed by atoms with Gasteiger partial charge in [0, 0.05) is 12.8 Å². The average molecular weight is 290 g/mol. The monoisotopic (exact) mass is 290 g/mol. The van der Waals surface area contributed by atoms with Crippen molar-refractivity contribution < 1.29 is 14.1 Å². The Balaban J connectivity index is 2.35. The normalized spacial score (nSPS) is 10.4. The fraction of sp³-hybridized carbons (Fsp3) is 0.200. The maximum atomic E-state index is 13.6. The molecule has 0 amide bonds. The Morgan fingerprint density at radius 2 is 1.90 bits per heavy atom. The van der Waals surface area contributed by atoms with Crippen LogP contribution in [-0.4, -0.2) is 18.6 Å². The topological polar surface area (TPSA) is 64.4 Å². The minimum atomic E-state index is -0.862. The molecule has 5 nitrogen and oxygen atoms in total. The molecule has 2 rings (SSSR count). The lowest BCUT2D eigenvalue weighted by Crippen LogP contribution is -2.03. The molecule has 0 aliphatic heterocycles. The Morgan fingerprint density at radius 1 is 1.19 bits per heavy atom. The van der Waals surface area contributed by atoms with Gasteiger partial charge >= 0.3 is 5.69 Å². The zero-order valence-electron chi connectivity index (χ0n) is 11.5. The summed E-state index contributed by atoms with van der Waals surface area (Å²) < 4.78 is 18.6. The van der Waals surface area contributed by atoms with Gasteiger partial charge in [-0.3, -0.25) is 10.1 Å². The van der Waals surface area contributed by atoms with Crippen LogP contribution in [0.2, 0.25) is 0 Å². The molecule has 2 aromatic rings. The molecule has 0 aromatic heterocycles. The Labute approximate surface area is 121 Å². The van der Waals surface area contributed by atoms with E-state index in [9.17, 15) is 14.5 Å². The van der Waals surface area contributed by atoms with Gasteiger partial charge in [-0.25, -0.2) is 0 Å². The summed E-state index contributed by atoms with van der Waals surface area (Å²) in [6.45, 7) is 0.532. The molecule has 0 spiro atoms. The van der Waals surface area contributed by atoms with E-state index in [1.54, 1.807) is 13.2 Å². The van der Waals surface area contributed by atoms with Crippen molar-refractivity contribution in [2.75, 3.05) is 19.0 Å². The van der Waals surface area contributed by atoms with Crippen molar-refractivity contribution in [3.63, 3.8) is 0 Å². The van der Waals surface area contributed by atoms with E-state index in [2.05, 4.69) is 5.32 Å². The molecule has 0 bridgehead atoms. The number of benzene rings is 2. The lowest BCUT2D eigenvalue weighted by atomic mass is 10.1. The fourth-order valence-electron chi connectivity index (χ4n) is 2.02. The molecule has 0 fully saturated rings. The maximum absolute atomic E-state index is 13.6. The number of anilines is 2. The van der Waals surface area contributed by atoms with Gasteiger partial charge in [-0.1, -0.05) is 24.3 Å². The van der Waals surface area contributed by atoms with Crippen LogP contribution < -0.4 is 5.32 Å². The maximum Gasteiger partial charge on any atom is 0.327 e. The van der Waals surface area contributed by atoms with Crippen LogP contribution in [0, 0.1) is 15.9 Å². The second kappa shape index (κ2) is 6.81. The molecule has 0 unspecified atom stereocenters. The molecule has 0 radical (unpaired) electrons. The Bertz CT molecular complexity index is 647. The SMILES string of the molecule is COCCc1ccccc1Nc1cccc(F)c1[N+](=O)[O-].